The highest BCUT2D eigenvalue weighted by Crippen LogP contribution is 2.24. The minimum Gasteiger partial charge on any atom is -0.345 e. The zero-order chi connectivity index (χ0) is 12.9. The van der Waals surface area contributed by atoms with Crippen molar-refractivity contribution in [2.45, 2.75) is 39.7 Å². The molecule has 1 rings (SSSR count). The fourth-order valence-electron chi connectivity index (χ4n) is 1.35. The summed E-state index contributed by atoms with van der Waals surface area (Å²) >= 11 is 1.51. The lowest BCUT2D eigenvalue weighted by atomic mass is 9.88. The maximum absolute atomic E-state index is 12.0. The van der Waals surface area contributed by atoms with Gasteiger partial charge in [-0.05, 0) is 19.8 Å². The van der Waals surface area contributed by atoms with Gasteiger partial charge in [-0.15, -0.1) is 11.3 Å². The van der Waals surface area contributed by atoms with Crippen LogP contribution in [0.2, 0.25) is 0 Å². The van der Waals surface area contributed by atoms with Crippen molar-refractivity contribution in [2.75, 3.05) is 0 Å². The molecule has 17 heavy (non-hydrogen) atoms. The molecule has 1 aromatic heterocycles. The molecule has 1 heterocycles. The van der Waals surface area contributed by atoms with Crippen molar-refractivity contribution >= 4 is 17.2 Å². The number of nitriles is 1. The van der Waals surface area contributed by atoms with E-state index in [1.165, 1.54) is 11.3 Å². The molecule has 5 heteroatoms. The van der Waals surface area contributed by atoms with E-state index >= 15 is 0 Å². The molecule has 0 bridgehead atoms. The number of carbonyl (C=O) groups excluding carboxylic acids is 1. The summed E-state index contributed by atoms with van der Waals surface area (Å²) in [6.45, 7) is 5.49. The van der Waals surface area contributed by atoms with Gasteiger partial charge in [-0.1, -0.05) is 13.8 Å². The van der Waals surface area contributed by atoms with Gasteiger partial charge in [0, 0.05) is 11.6 Å². The summed E-state index contributed by atoms with van der Waals surface area (Å²) in [6, 6.07) is 1.98. The van der Waals surface area contributed by atoms with Crippen LogP contribution >= 0.6 is 11.3 Å². The Morgan fingerprint density at radius 1 is 1.71 bits per heavy atom. The Hall–Kier alpha value is -1.41. The summed E-state index contributed by atoms with van der Waals surface area (Å²) < 4.78 is 0. The second-order valence-corrected chi connectivity index (χ2v) is 5.03. The quantitative estimate of drug-likeness (QED) is 0.874. The van der Waals surface area contributed by atoms with Gasteiger partial charge in [0.15, 0.2) is 0 Å². The number of thiazole rings is 1. The lowest BCUT2D eigenvalue weighted by Gasteiger charge is -2.22. The second kappa shape index (κ2) is 5.78. The van der Waals surface area contributed by atoms with Gasteiger partial charge in [-0.25, -0.2) is 4.98 Å². The normalized spacial score (nSPS) is 15.6. The van der Waals surface area contributed by atoms with Crippen LogP contribution in [0.4, 0.5) is 0 Å². The summed E-state index contributed by atoms with van der Waals surface area (Å²) in [4.78, 5) is 16.2. The number of rotatable bonds is 5. The summed E-state index contributed by atoms with van der Waals surface area (Å²) in [6.07, 6.45) is 2.99. The first-order valence-corrected chi connectivity index (χ1v) is 6.57. The summed E-state index contributed by atoms with van der Waals surface area (Å²) in [5.41, 5.74) is -0.954. The fourth-order valence-corrected chi connectivity index (χ4v) is 2.13. The Labute approximate surface area is 106 Å². The molecule has 0 saturated carbocycles. The molecule has 0 saturated heterocycles. The number of nitrogens with one attached hydrogen (secondary N) is 1. The Morgan fingerprint density at radius 3 is 2.82 bits per heavy atom. The Bertz CT molecular complexity index is 410. The molecule has 2 unspecified atom stereocenters. The van der Waals surface area contributed by atoms with Crippen molar-refractivity contribution in [3.63, 3.8) is 0 Å². The van der Waals surface area contributed by atoms with Gasteiger partial charge in [0.2, 0.25) is 5.91 Å². The molecule has 0 fully saturated rings. The predicted molar refractivity (Wildman–Crippen MR) is 67.3 cm³/mol. The topological polar surface area (TPSA) is 65.8 Å². The molecule has 2 atom stereocenters. The third kappa shape index (κ3) is 3.04. The van der Waals surface area contributed by atoms with Gasteiger partial charge < -0.3 is 5.32 Å². The third-order valence-electron chi connectivity index (χ3n) is 2.92. The van der Waals surface area contributed by atoms with Crippen molar-refractivity contribution in [1.82, 2.24) is 10.3 Å². The van der Waals surface area contributed by atoms with Crippen molar-refractivity contribution < 1.29 is 4.79 Å². The van der Waals surface area contributed by atoms with Gasteiger partial charge >= 0.3 is 0 Å². The van der Waals surface area contributed by atoms with Crippen molar-refractivity contribution in [1.29, 1.82) is 5.26 Å². The van der Waals surface area contributed by atoms with Crippen LogP contribution < -0.4 is 5.32 Å². The van der Waals surface area contributed by atoms with Gasteiger partial charge in [0.05, 0.1) is 12.1 Å². The molecule has 0 spiro atoms. The average Bonchev–Trinajstić information content (AvgIpc) is 2.88. The highest BCUT2D eigenvalue weighted by atomic mass is 32.1. The van der Waals surface area contributed by atoms with Gasteiger partial charge in [0.25, 0.3) is 0 Å². The number of hydrogen-bond acceptors (Lipinski definition) is 4. The second-order valence-electron chi connectivity index (χ2n) is 4.10. The molecule has 0 aromatic carbocycles. The number of carbonyl (C=O) groups is 1. The van der Waals surface area contributed by atoms with E-state index in [0.29, 0.717) is 6.42 Å². The number of amides is 1. The largest absolute Gasteiger partial charge is 0.345 e. The molecular weight excluding hydrogens is 234 g/mol. The molecule has 4 nitrogen and oxygen atoms in total. The van der Waals surface area contributed by atoms with E-state index < -0.39 is 5.41 Å². The number of hydrogen-bond donors (Lipinski definition) is 1. The Morgan fingerprint density at radius 2 is 2.41 bits per heavy atom. The van der Waals surface area contributed by atoms with Crippen LogP contribution in [-0.2, 0) is 4.79 Å². The zero-order valence-corrected chi connectivity index (χ0v) is 11.2. The summed E-state index contributed by atoms with van der Waals surface area (Å²) in [5, 5.41) is 14.7. The third-order valence-corrected chi connectivity index (χ3v) is 3.81. The van der Waals surface area contributed by atoms with Gasteiger partial charge in [-0.3, -0.25) is 4.79 Å². The number of aromatic nitrogens is 1. The molecule has 92 valence electrons. The van der Waals surface area contributed by atoms with E-state index in [9.17, 15) is 4.79 Å². The minimum absolute atomic E-state index is 0.0956. The smallest absolute Gasteiger partial charge is 0.240 e. The predicted octanol–water partition coefficient (Wildman–Crippen LogP) is 2.65. The molecule has 1 amide bonds. The van der Waals surface area contributed by atoms with Gasteiger partial charge in [0.1, 0.15) is 10.4 Å². The van der Waals surface area contributed by atoms with Gasteiger partial charge in [-0.2, -0.15) is 5.26 Å². The first-order valence-electron chi connectivity index (χ1n) is 5.69. The van der Waals surface area contributed by atoms with Crippen molar-refractivity contribution in [3.8, 4) is 6.07 Å². The summed E-state index contributed by atoms with van der Waals surface area (Å²) in [5.74, 6) is -0.218. The SMILES string of the molecule is CCC(NC(=O)C(C)(C#N)CC)c1nccs1. The maximum Gasteiger partial charge on any atom is 0.240 e. The van der Waals surface area contributed by atoms with Crippen LogP contribution in [0.1, 0.15) is 44.7 Å². The molecule has 0 aliphatic heterocycles. The molecule has 1 N–H and O–H groups in total. The lowest BCUT2D eigenvalue weighted by molar-refractivity contribution is -0.128. The number of nitrogens with zero attached hydrogens (tertiary/aromatic N) is 2. The van der Waals surface area contributed by atoms with Crippen LogP contribution in [0.5, 0.6) is 0 Å². The molecule has 0 aliphatic rings. The standard InChI is InChI=1S/C12H17N3OS/c1-4-9(10-14-6-7-17-10)15-11(16)12(3,5-2)8-13/h6-7,9H,4-5H2,1-3H3,(H,15,16). The summed E-state index contributed by atoms with van der Waals surface area (Å²) in [7, 11) is 0. The van der Waals surface area contributed by atoms with Crippen LogP contribution in [0, 0.1) is 16.7 Å². The van der Waals surface area contributed by atoms with E-state index in [-0.39, 0.29) is 11.9 Å². The van der Waals surface area contributed by atoms with E-state index in [2.05, 4.69) is 16.4 Å². The lowest BCUT2D eigenvalue weighted by Crippen LogP contribution is -2.39. The first-order chi connectivity index (χ1) is 8.07. The molecule has 1 aromatic rings. The van der Waals surface area contributed by atoms with E-state index in [1.807, 2.05) is 19.2 Å². The minimum atomic E-state index is -0.954. The van der Waals surface area contributed by atoms with Crippen LogP contribution in [0.25, 0.3) is 0 Å². The van der Waals surface area contributed by atoms with Crippen LogP contribution in [-0.4, -0.2) is 10.9 Å². The van der Waals surface area contributed by atoms with Crippen LogP contribution in [0.15, 0.2) is 11.6 Å². The zero-order valence-electron chi connectivity index (χ0n) is 10.4. The fraction of sp³-hybridized carbons (Fsp3) is 0.583. The maximum atomic E-state index is 12.0. The van der Waals surface area contributed by atoms with Crippen LogP contribution in [0.3, 0.4) is 0 Å². The molecule has 0 aliphatic carbocycles. The van der Waals surface area contributed by atoms with Crippen molar-refractivity contribution in [2.24, 2.45) is 5.41 Å². The van der Waals surface area contributed by atoms with E-state index in [0.717, 1.165) is 11.4 Å². The average molecular weight is 251 g/mol. The highest BCUT2D eigenvalue weighted by molar-refractivity contribution is 7.09. The highest BCUT2D eigenvalue weighted by Gasteiger charge is 2.32. The first kappa shape index (κ1) is 13.7. The Kier molecular flexibility index (Phi) is 4.64. The molecule has 0 radical (unpaired) electrons. The van der Waals surface area contributed by atoms with Crippen molar-refractivity contribution in [3.05, 3.63) is 16.6 Å². The monoisotopic (exact) mass is 251 g/mol. The Balaban J connectivity index is 2.77. The van der Waals surface area contributed by atoms with E-state index in [1.54, 1.807) is 13.1 Å². The van der Waals surface area contributed by atoms with E-state index in [4.69, 9.17) is 5.26 Å². The molecular formula is C12H17N3OS.